The number of aliphatic imine (C=N–C) groups is 1. The molecular weight excluding hydrogens is 281 g/mol. The van der Waals surface area contributed by atoms with E-state index >= 15 is 0 Å². The molecule has 1 N–H and O–H groups in total. The summed E-state index contributed by atoms with van der Waals surface area (Å²) in [5.41, 5.74) is 0. The Morgan fingerprint density at radius 2 is 1.78 bits per heavy atom. The van der Waals surface area contributed by atoms with Gasteiger partial charge in [-0.25, -0.2) is 0 Å². The van der Waals surface area contributed by atoms with E-state index in [2.05, 4.69) is 11.9 Å². The summed E-state index contributed by atoms with van der Waals surface area (Å²) in [6, 6.07) is 0. The summed E-state index contributed by atoms with van der Waals surface area (Å²) >= 11 is 0. The first-order valence-corrected chi connectivity index (χ1v) is 7.72. The minimum Gasteiger partial charge on any atom is -0.862 e. The Morgan fingerprint density at radius 3 is 2.33 bits per heavy atom. The second-order valence-electron chi connectivity index (χ2n) is 4.08. The average Bonchev–Trinajstić information content (AvgIpc) is 2.23. The molecule has 18 heavy (non-hydrogen) atoms. The summed E-state index contributed by atoms with van der Waals surface area (Å²) in [7, 11) is -3.92. The van der Waals surface area contributed by atoms with Crippen molar-refractivity contribution in [3.63, 3.8) is 0 Å². The summed E-state index contributed by atoms with van der Waals surface area (Å²) in [6.45, 7) is 2.31. The molecular formula is C11H22KNO4S. The monoisotopic (exact) mass is 303 g/mol. The molecule has 0 fully saturated rings. The van der Waals surface area contributed by atoms with Gasteiger partial charge in [0, 0.05) is 6.54 Å². The molecule has 0 radical (unpaired) electrons. The van der Waals surface area contributed by atoms with E-state index in [1.165, 1.54) is 12.8 Å². The van der Waals surface area contributed by atoms with E-state index in [1.807, 2.05) is 0 Å². The molecule has 7 heteroatoms. The molecule has 0 aliphatic carbocycles. The molecule has 5 nitrogen and oxygen atoms in total. The van der Waals surface area contributed by atoms with Gasteiger partial charge in [0.1, 0.15) is 0 Å². The van der Waals surface area contributed by atoms with E-state index in [-0.39, 0.29) is 76.0 Å². The van der Waals surface area contributed by atoms with Gasteiger partial charge in [-0.2, -0.15) is 8.42 Å². The van der Waals surface area contributed by atoms with Gasteiger partial charge in [-0.05, 0) is 25.2 Å². The molecule has 0 bridgehead atoms. The number of nitrogens with zero attached hydrogens (tertiary/aromatic N) is 1. The van der Waals surface area contributed by atoms with E-state index in [4.69, 9.17) is 4.55 Å². The van der Waals surface area contributed by atoms with Crippen LogP contribution in [0.5, 0.6) is 0 Å². The second kappa shape index (κ2) is 13.0. The molecule has 0 rings (SSSR count). The van der Waals surface area contributed by atoms with Crippen LogP contribution in [0, 0.1) is 0 Å². The Bertz CT molecular complexity index is 317. The van der Waals surface area contributed by atoms with Gasteiger partial charge in [0.25, 0.3) is 10.1 Å². The quantitative estimate of drug-likeness (QED) is 0.173. The first-order valence-electron chi connectivity index (χ1n) is 6.11. The first kappa shape index (κ1) is 21.3. The van der Waals surface area contributed by atoms with Gasteiger partial charge in [0.05, 0.1) is 5.75 Å². The maximum atomic E-state index is 11.2. The third-order valence-electron chi connectivity index (χ3n) is 2.34. The fraction of sp³-hybridized carbons (Fsp3) is 0.909. The maximum Gasteiger partial charge on any atom is 1.00 e. The summed E-state index contributed by atoms with van der Waals surface area (Å²) in [5, 5.41) is 11.2. The second-order valence-corrected chi connectivity index (χ2v) is 5.65. The SMILES string of the molecule is CCCCCCCC([O-])=NCCCS(=O)(=O)O.[K+]. The van der Waals surface area contributed by atoms with Crippen LogP contribution in [-0.4, -0.2) is 31.2 Å². The zero-order chi connectivity index (χ0) is 13.1. The first-order chi connectivity index (χ1) is 7.95. The van der Waals surface area contributed by atoms with Crippen molar-refractivity contribution in [3.05, 3.63) is 0 Å². The van der Waals surface area contributed by atoms with Crippen molar-refractivity contribution in [1.29, 1.82) is 0 Å². The van der Waals surface area contributed by atoms with Crippen LogP contribution < -0.4 is 56.5 Å². The molecule has 102 valence electrons. The molecule has 0 aromatic heterocycles. The van der Waals surface area contributed by atoms with Gasteiger partial charge < -0.3 is 10.1 Å². The summed E-state index contributed by atoms with van der Waals surface area (Å²) in [5.74, 6) is -0.503. The summed E-state index contributed by atoms with van der Waals surface area (Å²) in [4.78, 5) is 3.73. The zero-order valence-corrected chi connectivity index (χ0v) is 15.3. The Labute approximate surface area is 153 Å². The van der Waals surface area contributed by atoms with Crippen molar-refractivity contribution in [2.75, 3.05) is 12.3 Å². The van der Waals surface area contributed by atoms with Crippen LogP contribution in [0.4, 0.5) is 0 Å². The Kier molecular flexibility index (Phi) is 15.4. The number of hydrogen-bond acceptors (Lipinski definition) is 4. The van der Waals surface area contributed by atoms with Gasteiger partial charge in [-0.1, -0.05) is 32.6 Å². The van der Waals surface area contributed by atoms with Crippen molar-refractivity contribution in [1.82, 2.24) is 0 Å². The molecule has 0 aromatic rings. The van der Waals surface area contributed by atoms with Crippen LogP contribution >= 0.6 is 0 Å². The number of rotatable bonds is 10. The van der Waals surface area contributed by atoms with Gasteiger partial charge in [-0.15, -0.1) is 0 Å². The molecule has 0 aliphatic heterocycles. The van der Waals surface area contributed by atoms with Crippen LogP contribution in [0.25, 0.3) is 0 Å². The van der Waals surface area contributed by atoms with Crippen molar-refractivity contribution < 1.29 is 69.5 Å². The third kappa shape index (κ3) is 17.0. The molecule has 0 saturated carbocycles. The number of hydrogen-bond donors (Lipinski definition) is 1. The molecule has 0 saturated heterocycles. The van der Waals surface area contributed by atoms with Crippen LogP contribution in [0.15, 0.2) is 4.99 Å². The van der Waals surface area contributed by atoms with E-state index in [9.17, 15) is 13.5 Å². The molecule has 0 amide bonds. The van der Waals surface area contributed by atoms with E-state index in [1.54, 1.807) is 0 Å². The van der Waals surface area contributed by atoms with Gasteiger partial charge in [0.2, 0.25) is 0 Å². The topological polar surface area (TPSA) is 89.8 Å². The van der Waals surface area contributed by atoms with Crippen molar-refractivity contribution in [2.45, 2.75) is 51.9 Å². The van der Waals surface area contributed by atoms with Crippen LogP contribution in [-0.2, 0) is 10.1 Å². The Hall–Kier alpha value is 1.02. The van der Waals surface area contributed by atoms with Crippen molar-refractivity contribution in [3.8, 4) is 0 Å². The molecule has 0 atom stereocenters. The molecule has 0 aromatic carbocycles. The summed E-state index contributed by atoms with van der Waals surface area (Å²) < 4.78 is 29.2. The fourth-order valence-electron chi connectivity index (χ4n) is 1.41. The predicted octanol–water partition coefficient (Wildman–Crippen LogP) is -1.61. The fourth-order valence-corrected chi connectivity index (χ4v) is 1.90. The van der Waals surface area contributed by atoms with Gasteiger partial charge in [0.15, 0.2) is 0 Å². The van der Waals surface area contributed by atoms with Crippen LogP contribution in [0.3, 0.4) is 0 Å². The molecule has 0 spiro atoms. The standard InChI is InChI=1S/C11H23NO4S.K/c1-2-3-4-5-6-8-11(13)12-9-7-10-17(14,15)16;/h2-10H2,1H3,(H,12,13)(H,14,15,16);/q;+1/p-1. The van der Waals surface area contributed by atoms with Crippen LogP contribution in [0.2, 0.25) is 0 Å². The largest absolute Gasteiger partial charge is 1.00 e. The Balaban J connectivity index is 0. The molecule has 0 unspecified atom stereocenters. The normalized spacial score (nSPS) is 12.2. The van der Waals surface area contributed by atoms with Crippen molar-refractivity contribution >= 4 is 16.0 Å². The van der Waals surface area contributed by atoms with E-state index in [0.29, 0.717) is 6.42 Å². The minimum atomic E-state index is -3.92. The zero-order valence-electron chi connectivity index (χ0n) is 11.4. The molecule has 0 heterocycles. The van der Waals surface area contributed by atoms with E-state index in [0.717, 1.165) is 19.3 Å². The minimum absolute atomic E-state index is 0. The number of unbranched alkanes of at least 4 members (excludes halogenated alkanes) is 4. The molecule has 0 aliphatic rings. The van der Waals surface area contributed by atoms with Crippen molar-refractivity contribution in [2.24, 2.45) is 4.99 Å². The Morgan fingerprint density at radius 1 is 1.17 bits per heavy atom. The maximum absolute atomic E-state index is 11.2. The smallest absolute Gasteiger partial charge is 0.862 e. The van der Waals surface area contributed by atoms with Gasteiger partial charge in [-0.3, -0.25) is 4.55 Å². The van der Waals surface area contributed by atoms with Gasteiger partial charge >= 0.3 is 51.4 Å². The predicted molar refractivity (Wildman–Crippen MR) is 66.7 cm³/mol. The van der Waals surface area contributed by atoms with Crippen LogP contribution in [0.1, 0.15) is 51.9 Å². The van der Waals surface area contributed by atoms with E-state index < -0.39 is 10.1 Å². The summed E-state index contributed by atoms with van der Waals surface area (Å²) in [6.07, 6.45) is 6.04. The average molecular weight is 303 g/mol. The third-order valence-corrected chi connectivity index (χ3v) is 3.15.